The van der Waals surface area contributed by atoms with Gasteiger partial charge in [-0.1, -0.05) is 25.1 Å². The minimum Gasteiger partial charge on any atom is -0.313 e. The average molecular weight is 261 g/mol. The fraction of sp³-hybridized carbons (Fsp3) is 0.250. The normalized spacial score (nSPS) is 10.7. The summed E-state index contributed by atoms with van der Waals surface area (Å²) in [4.78, 5) is 0. The molecule has 1 nitrogen and oxygen atoms in total. The van der Waals surface area contributed by atoms with Gasteiger partial charge in [0.2, 0.25) is 0 Å². The third kappa shape index (κ3) is 3.61. The van der Waals surface area contributed by atoms with E-state index in [9.17, 15) is 8.78 Å². The molecule has 100 valence electrons. The van der Waals surface area contributed by atoms with E-state index in [1.54, 1.807) is 18.2 Å². The maximum atomic E-state index is 13.8. The molecule has 0 aliphatic carbocycles. The molecule has 0 radical (unpaired) electrons. The first kappa shape index (κ1) is 13.7. The van der Waals surface area contributed by atoms with Crippen LogP contribution in [0.1, 0.15) is 18.9 Å². The van der Waals surface area contributed by atoms with Crippen LogP contribution < -0.4 is 5.32 Å². The lowest BCUT2D eigenvalue weighted by atomic mass is 10.0. The van der Waals surface area contributed by atoms with E-state index in [0.29, 0.717) is 17.7 Å². The van der Waals surface area contributed by atoms with Gasteiger partial charge in [0, 0.05) is 12.1 Å². The summed E-state index contributed by atoms with van der Waals surface area (Å²) in [6.07, 6.45) is 1.06. The summed E-state index contributed by atoms with van der Waals surface area (Å²) in [6.45, 7) is 3.74. The molecule has 19 heavy (non-hydrogen) atoms. The molecule has 0 amide bonds. The second-order valence-corrected chi connectivity index (χ2v) is 4.50. The van der Waals surface area contributed by atoms with E-state index < -0.39 is 0 Å². The molecule has 0 saturated heterocycles. The Morgan fingerprint density at radius 3 is 2.42 bits per heavy atom. The quantitative estimate of drug-likeness (QED) is 0.798. The summed E-state index contributed by atoms with van der Waals surface area (Å²) >= 11 is 0. The Labute approximate surface area is 112 Å². The first-order chi connectivity index (χ1) is 9.20. The Hall–Kier alpha value is -1.74. The van der Waals surface area contributed by atoms with Gasteiger partial charge < -0.3 is 5.32 Å². The lowest BCUT2D eigenvalue weighted by molar-refractivity contribution is 0.624. The molecule has 3 heteroatoms. The average Bonchev–Trinajstić information content (AvgIpc) is 2.42. The van der Waals surface area contributed by atoms with E-state index in [2.05, 4.69) is 12.2 Å². The van der Waals surface area contributed by atoms with Crippen LogP contribution in [0.25, 0.3) is 11.1 Å². The van der Waals surface area contributed by atoms with E-state index in [0.717, 1.165) is 18.5 Å². The molecule has 0 aromatic heterocycles. The molecule has 0 bridgehead atoms. The Morgan fingerprint density at radius 2 is 1.74 bits per heavy atom. The van der Waals surface area contributed by atoms with Gasteiger partial charge in [-0.3, -0.25) is 0 Å². The highest BCUT2D eigenvalue weighted by molar-refractivity contribution is 5.64. The SMILES string of the molecule is CCCNCc1ccc(F)c(-c2ccc(F)cc2)c1. The Bertz CT molecular complexity index is 535. The van der Waals surface area contributed by atoms with Crippen molar-refractivity contribution in [2.75, 3.05) is 6.54 Å². The third-order valence-electron chi connectivity index (χ3n) is 2.94. The van der Waals surface area contributed by atoms with Crippen molar-refractivity contribution in [3.63, 3.8) is 0 Å². The molecule has 2 rings (SSSR count). The number of halogens is 2. The zero-order valence-electron chi connectivity index (χ0n) is 10.9. The standard InChI is InChI=1S/C16H17F2N/c1-2-9-19-11-12-3-8-16(18)15(10-12)13-4-6-14(17)7-5-13/h3-8,10,19H,2,9,11H2,1H3. The largest absolute Gasteiger partial charge is 0.313 e. The van der Waals surface area contributed by atoms with Crippen LogP contribution in [0.4, 0.5) is 8.78 Å². The highest BCUT2D eigenvalue weighted by Gasteiger charge is 2.06. The lowest BCUT2D eigenvalue weighted by Gasteiger charge is -2.08. The van der Waals surface area contributed by atoms with E-state index in [1.807, 2.05) is 6.07 Å². The molecule has 0 fully saturated rings. The van der Waals surface area contributed by atoms with Gasteiger partial charge in [0.25, 0.3) is 0 Å². The molecule has 0 saturated carbocycles. The molecule has 0 heterocycles. The maximum Gasteiger partial charge on any atom is 0.131 e. The highest BCUT2D eigenvalue weighted by atomic mass is 19.1. The van der Waals surface area contributed by atoms with Crippen molar-refractivity contribution in [3.05, 3.63) is 59.7 Å². The van der Waals surface area contributed by atoms with Crippen molar-refractivity contribution in [2.24, 2.45) is 0 Å². The molecule has 2 aromatic carbocycles. The van der Waals surface area contributed by atoms with Crippen LogP contribution in [0, 0.1) is 11.6 Å². The summed E-state index contributed by atoms with van der Waals surface area (Å²) in [5.41, 5.74) is 2.22. The highest BCUT2D eigenvalue weighted by Crippen LogP contribution is 2.24. The lowest BCUT2D eigenvalue weighted by Crippen LogP contribution is -2.13. The molecular formula is C16H17F2N. The minimum atomic E-state index is -0.315. The first-order valence-corrected chi connectivity index (χ1v) is 6.46. The fourth-order valence-electron chi connectivity index (χ4n) is 1.94. The van der Waals surface area contributed by atoms with Crippen molar-refractivity contribution in [1.29, 1.82) is 0 Å². The van der Waals surface area contributed by atoms with Gasteiger partial charge >= 0.3 is 0 Å². The summed E-state index contributed by atoms with van der Waals surface area (Å²) in [6, 6.07) is 10.9. The van der Waals surface area contributed by atoms with Crippen molar-refractivity contribution < 1.29 is 8.78 Å². The maximum absolute atomic E-state index is 13.8. The summed E-state index contributed by atoms with van der Waals surface area (Å²) in [5, 5.41) is 3.28. The van der Waals surface area contributed by atoms with E-state index in [1.165, 1.54) is 18.2 Å². The van der Waals surface area contributed by atoms with Crippen molar-refractivity contribution >= 4 is 0 Å². The van der Waals surface area contributed by atoms with Crippen LogP contribution in [0.2, 0.25) is 0 Å². The predicted molar refractivity (Wildman–Crippen MR) is 73.8 cm³/mol. The zero-order valence-corrected chi connectivity index (χ0v) is 10.9. The fourth-order valence-corrected chi connectivity index (χ4v) is 1.94. The second kappa shape index (κ2) is 6.43. The Balaban J connectivity index is 2.24. The van der Waals surface area contributed by atoms with Crippen LogP contribution in [0.15, 0.2) is 42.5 Å². The van der Waals surface area contributed by atoms with Crippen LogP contribution in [0.3, 0.4) is 0 Å². The van der Waals surface area contributed by atoms with E-state index in [4.69, 9.17) is 0 Å². The topological polar surface area (TPSA) is 12.0 Å². The second-order valence-electron chi connectivity index (χ2n) is 4.50. The number of hydrogen-bond donors (Lipinski definition) is 1. The van der Waals surface area contributed by atoms with Crippen molar-refractivity contribution in [2.45, 2.75) is 19.9 Å². The molecule has 0 atom stereocenters. The van der Waals surface area contributed by atoms with Crippen molar-refractivity contribution in [3.8, 4) is 11.1 Å². The van der Waals surface area contributed by atoms with Gasteiger partial charge in [0.05, 0.1) is 0 Å². The zero-order chi connectivity index (χ0) is 13.7. The van der Waals surface area contributed by atoms with Crippen molar-refractivity contribution in [1.82, 2.24) is 5.32 Å². The number of hydrogen-bond acceptors (Lipinski definition) is 1. The van der Waals surface area contributed by atoms with Crippen LogP contribution in [-0.2, 0) is 6.54 Å². The van der Waals surface area contributed by atoms with Gasteiger partial charge in [-0.05, 0) is 48.4 Å². The molecule has 0 spiro atoms. The molecule has 0 unspecified atom stereocenters. The molecular weight excluding hydrogens is 244 g/mol. The van der Waals surface area contributed by atoms with Gasteiger partial charge in [0.1, 0.15) is 11.6 Å². The number of nitrogens with one attached hydrogen (secondary N) is 1. The van der Waals surface area contributed by atoms with Crippen LogP contribution in [-0.4, -0.2) is 6.54 Å². The summed E-state index contributed by atoms with van der Waals surface area (Å²) in [7, 11) is 0. The number of benzene rings is 2. The van der Waals surface area contributed by atoms with Crippen LogP contribution in [0.5, 0.6) is 0 Å². The van der Waals surface area contributed by atoms with Gasteiger partial charge in [-0.2, -0.15) is 0 Å². The van der Waals surface area contributed by atoms with E-state index >= 15 is 0 Å². The minimum absolute atomic E-state index is 0.286. The Kier molecular flexibility index (Phi) is 4.63. The van der Waals surface area contributed by atoms with Gasteiger partial charge in [0.15, 0.2) is 0 Å². The predicted octanol–water partition coefficient (Wildman–Crippen LogP) is 4.13. The third-order valence-corrected chi connectivity index (χ3v) is 2.94. The first-order valence-electron chi connectivity index (χ1n) is 6.46. The summed E-state index contributed by atoms with van der Waals surface area (Å²) < 4.78 is 26.7. The monoisotopic (exact) mass is 261 g/mol. The van der Waals surface area contributed by atoms with Crippen LogP contribution >= 0.6 is 0 Å². The Morgan fingerprint density at radius 1 is 1.00 bits per heavy atom. The molecule has 2 aromatic rings. The molecule has 1 N–H and O–H groups in total. The van der Waals surface area contributed by atoms with Gasteiger partial charge in [-0.25, -0.2) is 8.78 Å². The van der Waals surface area contributed by atoms with E-state index in [-0.39, 0.29) is 11.6 Å². The molecule has 0 aliphatic rings. The molecule has 0 aliphatic heterocycles. The smallest absolute Gasteiger partial charge is 0.131 e. The van der Waals surface area contributed by atoms with Gasteiger partial charge in [-0.15, -0.1) is 0 Å². The number of rotatable bonds is 5. The summed E-state index contributed by atoms with van der Waals surface area (Å²) in [5.74, 6) is -0.601.